The minimum Gasteiger partial charge on any atom is -0.497 e. The molecule has 2 amide bonds. The summed E-state index contributed by atoms with van der Waals surface area (Å²) < 4.78 is 10.9. The van der Waals surface area contributed by atoms with E-state index in [1.165, 1.54) is 9.70 Å². The number of tetrazole rings is 1. The normalized spacial score (nSPS) is 14.7. The zero-order valence-electron chi connectivity index (χ0n) is 19.7. The number of hydrogen-bond donors (Lipinski definition) is 1. The van der Waals surface area contributed by atoms with Gasteiger partial charge in [0.25, 0.3) is 5.91 Å². The highest BCUT2D eigenvalue weighted by atomic mass is 16.5. The predicted molar refractivity (Wildman–Crippen MR) is 125 cm³/mol. The van der Waals surface area contributed by atoms with E-state index in [2.05, 4.69) is 20.7 Å². The van der Waals surface area contributed by atoms with Crippen LogP contribution in [0.1, 0.15) is 44.8 Å². The van der Waals surface area contributed by atoms with Gasteiger partial charge in [0, 0.05) is 17.8 Å². The van der Waals surface area contributed by atoms with E-state index < -0.39 is 6.04 Å². The van der Waals surface area contributed by atoms with Gasteiger partial charge in [0.1, 0.15) is 24.1 Å². The van der Waals surface area contributed by atoms with Gasteiger partial charge in [-0.1, -0.05) is 25.8 Å². The van der Waals surface area contributed by atoms with Crippen LogP contribution in [-0.4, -0.2) is 51.2 Å². The Hall–Kier alpha value is -3.69. The number of nitrogens with zero attached hydrogens (tertiary/aromatic N) is 5. The Balaban J connectivity index is 1.59. The largest absolute Gasteiger partial charge is 0.497 e. The van der Waals surface area contributed by atoms with Crippen molar-refractivity contribution < 1.29 is 18.7 Å². The number of aryl methyl sites for hydroxylation is 1. The number of benzene rings is 1. The second-order valence-electron chi connectivity index (χ2n) is 8.43. The number of furan rings is 1. The fourth-order valence-corrected chi connectivity index (χ4v) is 4.27. The van der Waals surface area contributed by atoms with Gasteiger partial charge < -0.3 is 14.5 Å². The molecule has 4 rings (SSSR count). The lowest BCUT2D eigenvalue weighted by Gasteiger charge is -2.31. The number of hydrogen-bond acceptors (Lipinski definition) is 7. The zero-order valence-corrected chi connectivity index (χ0v) is 19.7. The summed E-state index contributed by atoms with van der Waals surface area (Å²) in [5.74, 6) is 1.59. The first-order valence-corrected chi connectivity index (χ1v) is 11.6. The van der Waals surface area contributed by atoms with Crippen LogP contribution in [0.2, 0.25) is 0 Å². The minimum atomic E-state index is -0.684. The van der Waals surface area contributed by atoms with Gasteiger partial charge >= 0.3 is 0 Å². The van der Waals surface area contributed by atoms with E-state index in [-0.39, 0.29) is 24.4 Å². The smallest absolute Gasteiger partial charge is 0.251 e. The summed E-state index contributed by atoms with van der Waals surface area (Å²) in [5.41, 5.74) is 0.569. The third-order valence-electron chi connectivity index (χ3n) is 5.99. The highest BCUT2D eigenvalue weighted by Crippen LogP contribution is 2.26. The number of methoxy groups -OCH3 is 1. The summed E-state index contributed by atoms with van der Waals surface area (Å²) in [6.45, 7) is 3.53. The second-order valence-corrected chi connectivity index (χ2v) is 8.43. The molecule has 1 aromatic carbocycles. The van der Waals surface area contributed by atoms with Crippen LogP contribution in [0, 0.1) is 6.92 Å². The number of ether oxygens (including phenoxy) is 1. The number of rotatable bonds is 9. The zero-order chi connectivity index (χ0) is 24.1. The highest BCUT2D eigenvalue weighted by molar-refractivity contribution is 6.00. The molecular weight excluding hydrogens is 436 g/mol. The summed E-state index contributed by atoms with van der Waals surface area (Å²) >= 11 is 0. The van der Waals surface area contributed by atoms with Crippen molar-refractivity contribution >= 4 is 17.5 Å². The minimum absolute atomic E-state index is 0.153. The maximum absolute atomic E-state index is 13.6. The summed E-state index contributed by atoms with van der Waals surface area (Å²) in [6.07, 6.45) is 4.59. The van der Waals surface area contributed by atoms with Crippen molar-refractivity contribution in [2.24, 2.45) is 0 Å². The molecule has 0 aliphatic heterocycles. The quantitative estimate of drug-likeness (QED) is 0.515. The maximum Gasteiger partial charge on any atom is 0.251 e. The number of nitrogens with one attached hydrogen (secondary N) is 1. The molecule has 1 saturated carbocycles. The van der Waals surface area contributed by atoms with E-state index in [1.54, 1.807) is 43.5 Å². The number of anilines is 1. The van der Waals surface area contributed by atoms with Gasteiger partial charge in [0.15, 0.2) is 5.76 Å². The Morgan fingerprint density at radius 3 is 2.74 bits per heavy atom. The van der Waals surface area contributed by atoms with Crippen molar-refractivity contribution in [1.82, 2.24) is 25.5 Å². The Bertz CT molecular complexity index is 1130. The monoisotopic (exact) mass is 466 g/mol. The first-order valence-electron chi connectivity index (χ1n) is 11.6. The van der Waals surface area contributed by atoms with Gasteiger partial charge in [-0.3, -0.25) is 14.5 Å². The van der Waals surface area contributed by atoms with E-state index in [0.29, 0.717) is 29.4 Å². The molecule has 2 heterocycles. The van der Waals surface area contributed by atoms with Gasteiger partial charge in [0.05, 0.1) is 7.11 Å². The summed E-state index contributed by atoms with van der Waals surface area (Å²) in [7, 11) is 1.56. The molecule has 1 fully saturated rings. The molecule has 1 aliphatic carbocycles. The van der Waals surface area contributed by atoms with Crippen LogP contribution in [0.25, 0.3) is 11.6 Å². The average molecular weight is 467 g/mol. The molecule has 1 aliphatic rings. The van der Waals surface area contributed by atoms with Crippen LogP contribution in [0.15, 0.2) is 40.8 Å². The second kappa shape index (κ2) is 10.5. The Labute approximate surface area is 198 Å². The number of carbonyl (C=O) groups excluding carboxylic acids is 2. The maximum atomic E-state index is 13.6. The standard InChI is InChI=1S/C24H30N6O4/c1-4-20(24(32)25-17-8-5-6-9-17)30(18-10-7-11-19(14-18)33-3)22(31)15-29-27-23(26-28-29)21-13-12-16(2)34-21/h7,10-14,17,20H,4-6,8-9,15H2,1-3H3,(H,25,32)/t20-/m1/s1. The molecule has 0 unspecified atom stereocenters. The molecule has 1 atom stereocenters. The molecule has 3 aromatic rings. The van der Waals surface area contributed by atoms with Gasteiger partial charge in [-0.2, -0.15) is 4.80 Å². The van der Waals surface area contributed by atoms with Crippen LogP contribution in [-0.2, 0) is 16.1 Å². The van der Waals surface area contributed by atoms with Crippen LogP contribution in [0.5, 0.6) is 5.75 Å². The molecule has 0 saturated heterocycles. The Morgan fingerprint density at radius 1 is 1.26 bits per heavy atom. The SMILES string of the molecule is CC[C@H](C(=O)NC1CCCC1)N(C(=O)Cn1nnc(-c2ccc(C)o2)n1)c1cccc(OC)c1. The Kier molecular flexibility index (Phi) is 7.24. The lowest BCUT2D eigenvalue weighted by Crippen LogP contribution is -2.52. The van der Waals surface area contributed by atoms with Gasteiger partial charge in [-0.15, -0.1) is 10.2 Å². The first kappa shape index (κ1) is 23.5. The summed E-state index contributed by atoms with van der Waals surface area (Å²) in [4.78, 5) is 29.5. The van der Waals surface area contributed by atoms with Crippen LogP contribution in [0.4, 0.5) is 5.69 Å². The van der Waals surface area contributed by atoms with Crippen LogP contribution >= 0.6 is 0 Å². The number of amides is 2. The number of carbonyl (C=O) groups is 2. The lowest BCUT2D eigenvalue weighted by atomic mass is 10.1. The number of aromatic nitrogens is 4. The van der Waals surface area contributed by atoms with E-state index in [9.17, 15) is 9.59 Å². The van der Waals surface area contributed by atoms with Crippen molar-refractivity contribution in [2.75, 3.05) is 12.0 Å². The van der Waals surface area contributed by atoms with Crippen LogP contribution < -0.4 is 15.0 Å². The Morgan fingerprint density at radius 2 is 2.06 bits per heavy atom. The first-order chi connectivity index (χ1) is 16.5. The van der Waals surface area contributed by atoms with Gasteiger partial charge in [-0.05, 0) is 55.7 Å². The molecule has 1 N–H and O–H groups in total. The third-order valence-corrected chi connectivity index (χ3v) is 5.99. The molecule has 0 spiro atoms. The lowest BCUT2D eigenvalue weighted by molar-refractivity contribution is -0.127. The predicted octanol–water partition coefficient (Wildman–Crippen LogP) is 3.12. The molecule has 0 bridgehead atoms. The molecule has 180 valence electrons. The molecule has 10 heteroatoms. The van der Waals surface area contributed by atoms with E-state index >= 15 is 0 Å². The van der Waals surface area contributed by atoms with Gasteiger partial charge in [-0.25, -0.2) is 0 Å². The van der Waals surface area contributed by atoms with Crippen LogP contribution in [0.3, 0.4) is 0 Å². The summed E-state index contributed by atoms with van der Waals surface area (Å²) in [5, 5.41) is 15.4. The highest BCUT2D eigenvalue weighted by Gasteiger charge is 2.32. The summed E-state index contributed by atoms with van der Waals surface area (Å²) in [6, 6.07) is 10.1. The average Bonchev–Trinajstić information content (AvgIpc) is 3.60. The molecule has 34 heavy (non-hydrogen) atoms. The van der Waals surface area contributed by atoms with Crippen molar-refractivity contribution in [2.45, 2.75) is 64.6 Å². The fraction of sp³-hybridized carbons (Fsp3) is 0.458. The van der Waals surface area contributed by atoms with Crippen molar-refractivity contribution in [3.8, 4) is 17.3 Å². The van der Waals surface area contributed by atoms with Crippen molar-refractivity contribution in [1.29, 1.82) is 0 Å². The third kappa shape index (κ3) is 5.27. The molecule has 10 nitrogen and oxygen atoms in total. The van der Waals surface area contributed by atoms with E-state index in [4.69, 9.17) is 9.15 Å². The topological polar surface area (TPSA) is 115 Å². The molecular formula is C24H30N6O4. The molecule has 2 aromatic heterocycles. The van der Waals surface area contributed by atoms with E-state index in [0.717, 1.165) is 31.4 Å². The molecule has 0 radical (unpaired) electrons. The van der Waals surface area contributed by atoms with Gasteiger partial charge in [0.2, 0.25) is 11.7 Å². The fourth-order valence-electron chi connectivity index (χ4n) is 4.27. The van der Waals surface area contributed by atoms with Crippen molar-refractivity contribution in [3.05, 3.63) is 42.2 Å². The van der Waals surface area contributed by atoms with E-state index in [1.807, 2.05) is 13.8 Å². The van der Waals surface area contributed by atoms with Crippen molar-refractivity contribution in [3.63, 3.8) is 0 Å².